The van der Waals surface area contributed by atoms with Gasteiger partial charge in [-0.15, -0.1) is 0 Å². The van der Waals surface area contributed by atoms with E-state index in [1.165, 1.54) is 31.2 Å². The van der Waals surface area contributed by atoms with Crippen LogP contribution in [0.15, 0.2) is 18.2 Å². The smallest absolute Gasteiger partial charge is 0.226 e. The fourth-order valence-corrected chi connectivity index (χ4v) is 4.99. The number of likely N-dealkylation sites (tertiary alicyclic amines) is 1. The van der Waals surface area contributed by atoms with Crippen molar-refractivity contribution < 1.29 is 14.3 Å². The molecule has 2 saturated carbocycles. The molecule has 24 heavy (non-hydrogen) atoms. The summed E-state index contributed by atoms with van der Waals surface area (Å²) in [5.74, 6) is 3.56. The molecule has 1 heterocycles. The lowest BCUT2D eigenvalue weighted by atomic mass is 10.0. The zero-order valence-electron chi connectivity index (χ0n) is 14.7. The standard InChI is InChI=1S/C20H27NO3/c1-23-17-10-9-13(12-18(17)24-2)16-8-5-11-21(16)20(22)19-14-6-3-4-7-15(14)19/h9-10,12,14-16,19H,3-8,11H2,1-2H3/t14-,15+,16-,19?/m1/s1. The highest BCUT2D eigenvalue weighted by Crippen LogP contribution is 2.57. The minimum Gasteiger partial charge on any atom is -0.493 e. The molecular formula is C20H27NO3. The average molecular weight is 329 g/mol. The minimum absolute atomic E-state index is 0.194. The van der Waals surface area contributed by atoms with E-state index >= 15 is 0 Å². The molecule has 1 saturated heterocycles. The van der Waals surface area contributed by atoms with E-state index in [2.05, 4.69) is 11.0 Å². The number of ether oxygens (including phenoxy) is 2. The van der Waals surface area contributed by atoms with Crippen molar-refractivity contribution in [1.82, 2.24) is 4.90 Å². The number of nitrogens with zero attached hydrogens (tertiary/aromatic N) is 1. The third-order valence-corrected chi connectivity index (χ3v) is 6.27. The van der Waals surface area contributed by atoms with E-state index in [4.69, 9.17) is 9.47 Å². The number of methoxy groups -OCH3 is 2. The second-order valence-corrected chi connectivity index (χ2v) is 7.44. The highest BCUT2D eigenvalue weighted by Gasteiger charge is 2.56. The first kappa shape index (κ1) is 15.8. The topological polar surface area (TPSA) is 38.8 Å². The number of hydrogen-bond donors (Lipinski definition) is 0. The van der Waals surface area contributed by atoms with Crippen LogP contribution < -0.4 is 9.47 Å². The van der Waals surface area contributed by atoms with Crippen molar-refractivity contribution in [3.63, 3.8) is 0 Å². The Kier molecular flexibility index (Phi) is 4.15. The Hall–Kier alpha value is -1.71. The number of rotatable bonds is 4. The van der Waals surface area contributed by atoms with Crippen LogP contribution in [0.1, 0.15) is 50.1 Å². The average Bonchev–Trinajstić information content (AvgIpc) is 3.15. The summed E-state index contributed by atoms with van der Waals surface area (Å²) < 4.78 is 10.8. The quantitative estimate of drug-likeness (QED) is 0.843. The Balaban J connectivity index is 1.54. The molecule has 1 aromatic carbocycles. The van der Waals surface area contributed by atoms with Gasteiger partial charge in [-0.25, -0.2) is 0 Å². The number of fused-ring (bicyclic) bond motifs is 1. The van der Waals surface area contributed by atoms with Gasteiger partial charge in [0.1, 0.15) is 0 Å². The Labute approximate surface area is 144 Å². The first-order chi connectivity index (χ1) is 11.7. The van der Waals surface area contributed by atoms with Crippen LogP contribution in [-0.4, -0.2) is 31.6 Å². The lowest BCUT2D eigenvalue weighted by molar-refractivity contribution is -0.134. The molecule has 3 aliphatic rings. The van der Waals surface area contributed by atoms with Crippen molar-refractivity contribution in [1.29, 1.82) is 0 Å². The Morgan fingerprint density at radius 2 is 1.71 bits per heavy atom. The fraction of sp³-hybridized carbons (Fsp3) is 0.650. The molecule has 0 radical (unpaired) electrons. The highest BCUT2D eigenvalue weighted by molar-refractivity contribution is 5.83. The van der Waals surface area contributed by atoms with Crippen molar-refractivity contribution >= 4 is 5.91 Å². The third-order valence-electron chi connectivity index (χ3n) is 6.27. The molecule has 2 aliphatic carbocycles. The van der Waals surface area contributed by atoms with Crippen molar-refractivity contribution in [3.05, 3.63) is 23.8 Å². The molecule has 1 amide bonds. The molecule has 0 spiro atoms. The van der Waals surface area contributed by atoms with Gasteiger partial charge in [0, 0.05) is 12.5 Å². The van der Waals surface area contributed by atoms with E-state index in [0.717, 1.165) is 30.9 Å². The van der Waals surface area contributed by atoms with E-state index in [9.17, 15) is 4.79 Å². The van der Waals surface area contributed by atoms with E-state index < -0.39 is 0 Å². The van der Waals surface area contributed by atoms with Gasteiger partial charge in [-0.3, -0.25) is 4.79 Å². The summed E-state index contributed by atoms with van der Waals surface area (Å²) in [7, 11) is 3.31. The van der Waals surface area contributed by atoms with Gasteiger partial charge in [-0.05, 0) is 55.2 Å². The van der Waals surface area contributed by atoms with Crippen LogP contribution >= 0.6 is 0 Å². The number of hydrogen-bond acceptors (Lipinski definition) is 3. The zero-order chi connectivity index (χ0) is 16.7. The first-order valence-electron chi connectivity index (χ1n) is 9.27. The van der Waals surface area contributed by atoms with Crippen LogP contribution in [0.25, 0.3) is 0 Å². The summed E-state index contributed by atoms with van der Waals surface area (Å²) in [4.78, 5) is 15.2. The predicted molar refractivity (Wildman–Crippen MR) is 92.2 cm³/mol. The monoisotopic (exact) mass is 329 g/mol. The summed E-state index contributed by atoms with van der Waals surface area (Å²) in [5, 5.41) is 0. The van der Waals surface area contributed by atoms with Crippen LogP contribution in [0, 0.1) is 17.8 Å². The maximum atomic E-state index is 13.1. The summed E-state index contributed by atoms with van der Waals surface area (Å²) >= 11 is 0. The van der Waals surface area contributed by atoms with Gasteiger partial charge in [0.25, 0.3) is 0 Å². The lowest BCUT2D eigenvalue weighted by Gasteiger charge is -2.26. The van der Waals surface area contributed by atoms with Gasteiger partial charge in [0.05, 0.1) is 20.3 Å². The summed E-state index contributed by atoms with van der Waals surface area (Å²) in [6.45, 7) is 0.897. The Morgan fingerprint density at radius 3 is 2.38 bits per heavy atom. The summed E-state index contributed by atoms with van der Waals surface area (Å²) in [6, 6.07) is 6.26. The van der Waals surface area contributed by atoms with Crippen molar-refractivity contribution in [2.45, 2.75) is 44.6 Å². The molecule has 4 atom stereocenters. The van der Waals surface area contributed by atoms with Crippen molar-refractivity contribution in [2.24, 2.45) is 17.8 Å². The van der Waals surface area contributed by atoms with Crippen molar-refractivity contribution in [2.75, 3.05) is 20.8 Å². The van der Waals surface area contributed by atoms with Gasteiger partial charge in [-0.2, -0.15) is 0 Å². The molecule has 1 aromatic rings. The Bertz CT molecular complexity index is 617. The van der Waals surface area contributed by atoms with Crippen LogP contribution in [0.2, 0.25) is 0 Å². The van der Waals surface area contributed by atoms with E-state index in [1.54, 1.807) is 14.2 Å². The number of carbonyl (C=O) groups excluding carboxylic acids is 1. The summed E-state index contributed by atoms with van der Waals surface area (Å²) in [6.07, 6.45) is 7.27. The maximum absolute atomic E-state index is 13.1. The zero-order valence-corrected chi connectivity index (χ0v) is 14.7. The fourth-order valence-electron chi connectivity index (χ4n) is 4.99. The maximum Gasteiger partial charge on any atom is 0.226 e. The van der Waals surface area contributed by atoms with Crippen LogP contribution in [-0.2, 0) is 4.79 Å². The van der Waals surface area contributed by atoms with Crippen LogP contribution in [0.4, 0.5) is 0 Å². The largest absolute Gasteiger partial charge is 0.493 e. The van der Waals surface area contributed by atoms with Gasteiger partial charge in [-0.1, -0.05) is 18.9 Å². The molecule has 0 N–H and O–H groups in total. The minimum atomic E-state index is 0.194. The SMILES string of the molecule is COc1ccc([C@H]2CCCN2C(=O)C2[C@H]3CCCC[C@@H]23)cc1OC. The highest BCUT2D eigenvalue weighted by atomic mass is 16.5. The van der Waals surface area contributed by atoms with Gasteiger partial charge in [0.2, 0.25) is 5.91 Å². The van der Waals surface area contributed by atoms with Crippen LogP contribution in [0.3, 0.4) is 0 Å². The summed E-state index contributed by atoms with van der Waals surface area (Å²) in [5.41, 5.74) is 1.17. The van der Waals surface area contributed by atoms with E-state index in [1.807, 2.05) is 12.1 Å². The molecule has 1 unspecified atom stereocenters. The molecule has 4 heteroatoms. The lowest BCUT2D eigenvalue weighted by Crippen LogP contribution is -2.32. The number of carbonyl (C=O) groups is 1. The number of amides is 1. The van der Waals surface area contributed by atoms with Gasteiger partial charge < -0.3 is 14.4 Å². The van der Waals surface area contributed by atoms with E-state index in [-0.39, 0.29) is 6.04 Å². The molecule has 0 bridgehead atoms. The van der Waals surface area contributed by atoms with Crippen molar-refractivity contribution in [3.8, 4) is 11.5 Å². The van der Waals surface area contributed by atoms with E-state index in [0.29, 0.717) is 23.7 Å². The second kappa shape index (κ2) is 6.30. The molecule has 130 valence electrons. The molecule has 1 aliphatic heterocycles. The third kappa shape index (κ3) is 2.56. The normalized spacial score (nSPS) is 31.5. The molecular weight excluding hydrogens is 302 g/mol. The predicted octanol–water partition coefficient (Wildman–Crippen LogP) is 3.80. The number of benzene rings is 1. The van der Waals surface area contributed by atoms with Gasteiger partial charge in [0.15, 0.2) is 11.5 Å². The van der Waals surface area contributed by atoms with Gasteiger partial charge >= 0.3 is 0 Å². The molecule has 0 aromatic heterocycles. The Morgan fingerprint density at radius 1 is 1.00 bits per heavy atom. The second-order valence-electron chi connectivity index (χ2n) is 7.44. The molecule has 3 fully saturated rings. The first-order valence-corrected chi connectivity index (χ1v) is 9.27. The van der Waals surface area contributed by atoms with Crippen LogP contribution in [0.5, 0.6) is 11.5 Å². The molecule has 4 rings (SSSR count). The molecule has 4 nitrogen and oxygen atoms in total.